The summed E-state index contributed by atoms with van der Waals surface area (Å²) in [5.74, 6) is 3.46. The van der Waals surface area contributed by atoms with E-state index in [9.17, 15) is 4.79 Å². The summed E-state index contributed by atoms with van der Waals surface area (Å²) in [4.78, 5) is 20.7. The molecule has 0 spiro atoms. The van der Waals surface area contributed by atoms with Crippen molar-refractivity contribution in [2.75, 3.05) is 18.0 Å². The van der Waals surface area contributed by atoms with Gasteiger partial charge in [0.25, 0.3) is 5.91 Å². The highest BCUT2D eigenvalue weighted by atomic mass is 16.2. The van der Waals surface area contributed by atoms with Crippen LogP contribution in [0.2, 0.25) is 0 Å². The van der Waals surface area contributed by atoms with Crippen LogP contribution in [0.5, 0.6) is 0 Å². The topological polar surface area (TPSA) is 49.6 Å². The van der Waals surface area contributed by atoms with Gasteiger partial charge in [0.2, 0.25) is 5.95 Å². The molecule has 5 nitrogen and oxygen atoms in total. The van der Waals surface area contributed by atoms with Crippen LogP contribution in [0.15, 0.2) is 24.4 Å². The molecule has 148 valence electrons. The van der Waals surface area contributed by atoms with Gasteiger partial charge in [-0.1, -0.05) is 6.07 Å². The summed E-state index contributed by atoms with van der Waals surface area (Å²) in [7, 11) is 0. The lowest BCUT2D eigenvalue weighted by atomic mass is 9.53. The normalized spacial score (nSPS) is 34.1. The van der Waals surface area contributed by atoms with Crippen molar-refractivity contribution in [3.63, 3.8) is 0 Å². The van der Waals surface area contributed by atoms with E-state index in [1.807, 2.05) is 24.4 Å². The van der Waals surface area contributed by atoms with E-state index >= 15 is 0 Å². The molecule has 4 aliphatic carbocycles. The molecular weight excluding hydrogens is 348 g/mol. The summed E-state index contributed by atoms with van der Waals surface area (Å²) < 4.78 is 2.11. The molecule has 0 unspecified atom stereocenters. The average molecular weight is 379 g/mol. The van der Waals surface area contributed by atoms with Gasteiger partial charge in [-0.3, -0.25) is 9.20 Å². The van der Waals surface area contributed by atoms with Gasteiger partial charge in [-0.05, 0) is 87.7 Å². The number of hydrogen-bond acceptors (Lipinski definition) is 3. The van der Waals surface area contributed by atoms with Crippen LogP contribution in [0.4, 0.5) is 5.95 Å². The number of pyridine rings is 1. The molecule has 1 saturated heterocycles. The minimum Gasteiger partial charge on any atom is -0.345 e. The third-order valence-electron chi connectivity index (χ3n) is 7.80. The highest BCUT2D eigenvalue weighted by Gasteiger charge is 2.51. The fourth-order valence-corrected chi connectivity index (χ4v) is 7.07. The van der Waals surface area contributed by atoms with Crippen molar-refractivity contribution < 1.29 is 4.79 Å². The number of rotatable bonds is 3. The van der Waals surface area contributed by atoms with E-state index in [2.05, 4.69) is 14.6 Å². The first-order valence-corrected chi connectivity index (χ1v) is 11.2. The Morgan fingerprint density at radius 3 is 2.36 bits per heavy atom. The zero-order valence-electron chi connectivity index (χ0n) is 16.6. The predicted octanol–water partition coefficient (Wildman–Crippen LogP) is 4.02. The highest BCUT2D eigenvalue weighted by Crippen LogP contribution is 2.55. The van der Waals surface area contributed by atoms with Crippen LogP contribution in [0.25, 0.3) is 5.52 Å². The van der Waals surface area contributed by atoms with Gasteiger partial charge in [0, 0.05) is 24.8 Å². The summed E-state index contributed by atoms with van der Waals surface area (Å²) in [5.41, 5.74) is 1.57. The fraction of sp³-hybridized carbons (Fsp3) is 0.652. The maximum atomic E-state index is 13.4. The number of fused-ring (bicyclic) bond motifs is 1. The van der Waals surface area contributed by atoms with Crippen LogP contribution in [-0.2, 0) is 0 Å². The van der Waals surface area contributed by atoms with Crippen molar-refractivity contribution in [2.24, 2.45) is 17.8 Å². The standard InChI is InChI=1S/C23H30N4O/c28-21(25-23-13-16-10-17(14-23)12-18(11-16)15-23)20-19-6-2-5-9-27(19)22(24-20)26-7-3-1-4-8-26/h2,5-6,9,16-18H,1,3-4,7-8,10-15H2,(H,25,28). The average Bonchev–Trinajstić information content (AvgIpc) is 3.07. The first kappa shape index (κ1) is 16.9. The summed E-state index contributed by atoms with van der Waals surface area (Å²) in [6, 6.07) is 6.08. The van der Waals surface area contributed by atoms with Gasteiger partial charge in [0.15, 0.2) is 5.69 Å². The molecule has 2 aromatic heterocycles. The van der Waals surface area contributed by atoms with Crippen LogP contribution in [0, 0.1) is 17.8 Å². The number of carbonyl (C=O) groups is 1. The minimum absolute atomic E-state index is 0.0296. The van der Waals surface area contributed by atoms with E-state index in [1.165, 1.54) is 57.8 Å². The Hall–Kier alpha value is -2.04. The van der Waals surface area contributed by atoms with Gasteiger partial charge in [0.05, 0.1) is 5.52 Å². The number of anilines is 1. The van der Waals surface area contributed by atoms with E-state index in [4.69, 9.17) is 4.98 Å². The number of imidazole rings is 1. The first-order valence-electron chi connectivity index (χ1n) is 11.2. The molecule has 0 radical (unpaired) electrons. The lowest BCUT2D eigenvalue weighted by Crippen LogP contribution is -2.59. The summed E-state index contributed by atoms with van der Waals surface area (Å²) in [6.45, 7) is 2.06. The number of carbonyl (C=O) groups excluding carboxylic acids is 1. The molecule has 5 aliphatic rings. The van der Waals surface area contributed by atoms with Gasteiger partial charge in [0.1, 0.15) is 0 Å². The Morgan fingerprint density at radius 2 is 1.68 bits per heavy atom. The maximum absolute atomic E-state index is 13.4. The second-order valence-corrected chi connectivity index (χ2v) is 9.92. The lowest BCUT2D eigenvalue weighted by molar-refractivity contribution is -0.0167. The van der Waals surface area contributed by atoms with Gasteiger partial charge in [-0.15, -0.1) is 0 Å². The predicted molar refractivity (Wildman–Crippen MR) is 110 cm³/mol. The second kappa shape index (κ2) is 6.23. The molecule has 4 saturated carbocycles. The Bertz CT molecular complexity index is 875. The molecule has 5 heteroatoms. The number of amides is 1. The molecule has 0 atom stereocenters. The molecule has 1 N–H and O–H groups in total. The summed E-state index contributed by atoms with van der Waals surface area (Å²) >= 11 is 0. The monoisotopic (exact) mass is 378 g/mol. The van der Waals surface area contributed by atoms with Crippen molar-refractivity contribution >= 4 is 17.4 Å². The Labute approximate surface area is 166 Å². The number of aromatic nitrogens is 2. The Morgan fingerprint density at radius 1 is 1.00 bits per heavy atom. The van der Waals surface area contributed by atoms with Crippen molar-refractivity contribution in [3.8, 4) is 0 Å². The zero-order valence-corrected chi connectivity index (χ0v) is 16.6. The molecule has 1 amide bonds. The Kier molecular flexibility index (Phi) is 3.75. The minimum atomic E-state index is 0.0296. The highest BCUT2D eigenvalue weighted by molar-refractivity contribution is 6.00. The van der Waals surface area contributed by atoms with Gasteiger partial charge < -0.3 is 10.2 Å². The molecule has 5 fully saturated rings. The van der Waals surface area contributed by atoms with Crippen molar-refractivity contribution in [3.05, 3.63) is 30.1 Å². The van der Waals surface area contributed by atoms with Crippen LogP contribution >= 0.6 is 0 Å². The van der Waals surface area contributed by atoms with Gasteiger partial charge >= 0.3 is 0 Å². The number of hydrogen-bond donors (Lipinski definition) is 1. The second-order valence-electron chi connectivity index (χ2n) is 9.92. The molecule has 3 heterocycles. The van der Waals surface area contributed by atoms with Crippen molar-refractivity contribution in [2.45, 2.75) is 63.3 Å². The third kappa shape index (κ3) is 2.66. The van der Waals surface area contributed by atoms with E-state index in [-0.39, 0.29) is 11.4 Å². The van der Waals surface area contributed by atoms with Crippen molar-refractivity contribution in [1.82, 2.24) is 14.7 Å². The maximum Gasteiger partial charge on any atom is 0.272 e. The smallest absolute Gasteiger partial charge is 0.272 e. The lowest BCUT2D eigenvalue weighted by Gasteiger charge is -2.56. The molecule has 7 rings (SSSR count). The summed E-state index contributed by atoms with van der Waals surface area (Å²) in [6.07, 6.45) is 13.4. The van der Waals surface area contributed by atoms with Crippen LogP contribution in [-0.4, -0.2) is 33.9 Å². The molecule has 4 bridgehead atoms. The Balaban J connectivity index is 1.33. The molecule has 28 heavy (non-hydrogen) atoms. The van der Waals surface area contributed by atoms with E-state index in [1.54, 1.807) is 0 Å². The largest absolute Gasteiger partial charge is 0.345 e. The van der Waals surface area contributed by atoms with Gasteiger partial charge in [-0.2, -0.15) is 0 Å². The SMILES string of the molecule is O=C(NC12CC3CC(CC(C3)C1)C2)c1nc(N2CCCCC2)n2ccccc12. The molecule has 1 aliphatic heterocycles. The van der Waals surface area contributed by atoms with Crippen LogP contribution in [0.3, 0.4) is 0 Å². The molecule has 0 aromatic carbocycles. The third-order valence-corrected chi connectivity index (χ3v) is 7.80. The summed E-state index contributed by atoms with van der Waals surface area (Å²) in [5, 5.41) is 3.52. The molecular formula is C23H30N4O. The van der Waals surface area contributed by atoms with Gasteiger partial charge in [-0.25, -0.2) is 4.98 Å². The first-order chi connectivity index (χ1) is 13.7. The van der Waals surface area contributed by atoms with Crippen LogP contribution < -0.4 is 10.2 Å². The van der Waals surface area contributed by atoms with Crippen molar-refractivity contribution in [1.29, 1.82) is 0 Å². The van der Waals surface area contributed by atoms with Crippen LogP contribution in [0.1, 0.15) is 68.3 Å². The number of nitrogens with zero attached hydrogens (tertiary/aromatic N) is 3. The quantitative estimate of drug-likeness (QED) is 0.877. The number of piperidine rings is 1. The number of nitrogens with one attached hydrogen (secondary N) is 1. The van der Waals surface area contributed by atoms with E-state index in [0.717, 1.165) is 42.3 Å². The fourth-order valence-electron chi connectivity index (χ4n) is 7.07. The van der Waals surface area contributed by atoms with E-state index < -0.39 is 0 Å². The van der Waals surface area contributed by atoms with E-state index in [0.29, 0.717) is 5.69 Å². The molecule has 2 aromatic rings. The zero-order chi connectivity index (χ0) is 18.7.